The molecule has 1 aliphatic rings. The highest BCUT2D eigenvalue weighted by Crippen LogP contribution is 2.37. The van der Waals surface area contributed by atoms with E-state index in [4.69, 9.17) is 4.74 Å². The number of halogens is 4. The minimum absolute atomic E-state index is 0.183. The van der Waals surface area contributed by atoms with Gasteiger partial charge in [-0.15, -0.1) is 0 Å². The number of piperidine rings is 1. The highest BCUT2D eigenvalue weighted by Gasteiger charge is 2.30. The summed E-state index contributed by atoms with van der Waals surface area (Å²) in [6.07, 6.45) is 0.355. The molecule has 4 nitrogen and oxygen atoms in total. The second-order valence-corrected chi connectivity index (χ2v) is 6.90. The van der Waals surface area contributed by atoms with Crippen LogP contribution >= 0.6 is 0 Å². The van der Waals surface area contributed by atoms with E-state index < -0.39 is 35.7 Å². The number of benzene rings is 1. The van der Waals surface area contributed by atoms with Crippen LogP contribution in [-0.2, 0) is 4.74 Å². The Balaban J connectivity index is 2.10. The van der Waals surface area contributed by atoms with Crippen molar-refractivity contribution >= 4 is 6.09 Å². The van der Waals surface area contributed by atoms with Gasteiger partial charge in [-0.1, -0.05) is 6.07 Å². The molecule has 1 aliphatic heterocycles. The summed E-state index contributed by atoms with van der Waals surface area (Å²) in [5.41, 5.74) is -0.435. The third kappa shape index (κ3) is 4.99. The number of rotatable bonds is 3. The SMILES string of the molecule is CC(C)(C)OC(=O)N1CCC(c2ccc(F)c(F)c2OC(F)F)CC1. The van der Waals surface area contributed by atoms with Crippen molar-refractivity contribution < 1.29 is 31.8 Å². The third-order valence-corrected chi connectivity index (χ3v) is 3.87. The topological polar surface area (TPSA) is 38.8 Å². The van der Waals surface area contributed by atoms with Crippen LogP contribution in [0.1, 0.15) is 45.1 Å². The molecule has 140 valence electrons. The second-order valence-electron chi connectivity index (χ2n) is 6.90. The van der Waals surface area contributed by atoms with E-state index in [0.717, 1.165) is 6.07 Å². The maximum Gasteiger partial charge on any atom is 0.410 e. The molecule has 0 atom stereocenters. The number of ether oxygens (including phenoxy) is 2. The Kier molecular flexibility index (Phi) is 5.80. The Hall–Kier alpha value is -1.99. The van der Waals surface area contributed by atoms with E-state index in [1.165, 1.54) is 11.0 Å². The summed E-state index contributed by atoms with van der Waals surface area (Å²) in [5.74, 6) is -3.74. The van der Waals surface area contributed by atoms with Crippen molar-refractivity contribution in [2.24, 2.45) is 0 Å². The lowest BCUT2D eigenvalue weighted by molar-refractivity contribution is -0.0535. The zero-order valence-electron chi connectivity index (χ0n) is 14.3. The molecule has 0 aromatic heterocycles. The van der Waals surface area contributed by atoms with E-state index in [1.807, 2.05) is 0 Å². The maximum absolute atomic E-state index is 13.9. The fraction of sp³-hybridized carbons (Fsp3) is 0.588. The van der Waals surface area contributed by atoms with Gasteiger partial charge in [0.05, 0.1) is 0 Å². The van der Waals surface area contributed by atoms with Crippen molar-refractivity contribution in [3.63, 3.8) is 0 Å². The van der Waals surface area contributed by atoms with Gasteiger partial charge in [0, 0.05) is 18.7 Å². The van der Waals surface area contributed by atoms with E-state index in [1.54, 1.807) is 20.8 Å². The smallest absolute Gasteiger partial charge is 0.410 e. The summed E-state index contributed by atoms with van der Waals surface area (Å²) in [7, 11) is 0. The molecule has 1 heterocycles. The number of hydrogen-bond acceptors (Lipinski definition) is 3. The number of likely N-dealkylation sites (tertiary alicyclic amines) is 1. The molecule has 1 amide bonds. The van der Waals surface area contributed by atoms with Crippen LogP contribution in [0, 0.1) is 11.6 Å². The quantitative estimate of drug-likeness (QED) is 0.732. The zero-order chi connectivity index (χ0) is 18.8. The van der Waals surface area contributed by atoms with Crippen LogP contribution in [0.15, 0.2) is 12.1 Å². The number of carbonyl (C=O) groups excluding carboxylic acids is 1. The van der Waals surface area contributed by atoms with Gasteiger partial charge in [-0.3, -0.25) is 0 Å². The van der Waals surface area contributed by atoms with Crippen LogP contribution in [0.25, 0.3) is 0 Å². The Morgan fingerprint density at radius 1 is 1.20 bits per heavy atom. The average Bonchev–Trinajstić information content (AvgIpc) is 2.50. The Bertz CT molecular complexity index is 623. The van der Waals surface area contributed by atoms with Crippen molar-refractivity contribution in [2.45, 2.75) is 51.7 Å². The summed E-state index contributed by atoms with van der Waals surface area (Å²) in [6, 6.07) is 2.15. The molecule has 0 N–H and O–H groups in total. The first-order valence-corrected chi connectivity index (χ1v) is 7.99. The molecule has 1 saturated heterocycles. The molecule has 1 aromatic rings. The molecule has 1 aromatic carbocycles. The number of carbonyl (C=O) groups is 1. The lowest BCUT2D eigenvalue weighted by atomic mass is 9.88. The first-order chi connectivity index (χ1) is 11.6. The first-order valence-electron chi connectivity index (χ1n) is 7.99. The van der Waals surface area contributed by atoms with Gasteiger partial charge in [-0.2, -0.15) is 13.2 Å². The summed E-state index contributed by atoms with van der Waals surface area (Å²) in [6.45, 7) is 2.67. The van der Waals surface area contributed by atoms with Gasteiger partial charge in [0.2, 0.25) is 5.82 Å². The third-order valence-electron chi connectivity index (χ3n) is 3.87. The first kappa shape index (κ1) is 19.3. The predicted octanol–water partition coefficient (Wildman–Crippen LogP) is 4.68. The van der Waals surface area contributed by atoms with Gasteiger partial charge in [-0.05, 0) is 45.6 Å². The fourth-order valence-corrected chi connectivity index (χ4v) is 2.78. The van der Waals surface area contributed by atoms with E-state index in [2.05, 4.69) is 4.74 Å². The zero-order valence-corrected chi connectivity index (χ0v) is 14.3. The van der Waals surface area contributed by atoms with Gasteiger partial charge in [0.1, 0.15) is 5.60 Å². The monoisotopic (exact) mass is 363 g/mol. The van der Waals surface area contributed by atoms with Crippen LogP contribution in [0.2, 0.25) is 0 Å². The number of alkyl halides is 2. The van der Waals surface area contributed by atoms with Crippen molar-refractivity contribution in [3.8, 4) is 5.75 Å². The lowest BCUT2D eigenvalue weighted by Gasteiger charge is -2.34. The minimum Gasteiger partial charge on any atom is -0.444 e. The van der Waals surface area contributed by atoms with Crippen LogP contribution in [0.5, 0.6) is 5.75 Å². The molecule has 0 bridgehead atoms. The molecule has 0 unspecified atom stereocenters. The molecule has 0 aliphatic carbocycles. The van der Waals surface area contributed by atoms with Gasteiger partial charge < -0.3 is 14.4 Å². The molecular weight excluding hydrogens is 342 g/mol. The molecule has 8 heteroatoms. The van der Waals surface area contributed by atoms with Crippen LogP contribution < -0.4 is 4.74 Å². The molecular formula is C17H21F4NO3. The minimum atomic E-state index is -3.25. The molecule has 0 spiro atoms. The second kappa shape index (κ2) is 7.49. The van der Waals surface area contributed by atoms with Gasteiger partial charge in [-0.25, -0.2) is 9.18 Å². The van der Waals surface area contributed by atoms with Crippen LogP contribution in [0.3, 0.4) is 0 Å². The molecule has 0 saturated carbocycles. The number of hydrogen-bond donors (Lipinski definition) is 0. The standard InChI is InChI=1S/C17H21F4NO3/c1-17(2,3)25-16(23)22-8-6-10(7-9-22)11-4-5-12(18)13(19)14(11)24-15(20)21/h4-5,10,15H,6-9H2,1-3H3. The van der Waals surface area contributed by atoms with E-state index in [0.29, 0.717) is 25.9 Å². The van der Waals surface area contributed by atoms with Gasteiger partial charge in [0.25, 0.3) is 0 Å². The number of amides is 1. The highest BCUT2D eigenvalue weighted by molar-refractivity contribution is 5.68. The van der Waals surface area contributed by atoms with Gasteiger partial charge in [0.15, 0.2) is 11.6 Å². The van der Waals surface area contributed by atoms with Gasteiger partial charge >= 0.3 is 12.7 Å². The number of nitrogens with zero attached hydrogens (tertiary/aromatic N) is 1. The molecule has 2 rings (SSSR count). The summed E-state index contributed by atoms with van der Waals surface area (Å²) in [5, 5.41) is 0. The normalized spacial score (nSPS) is 16.2. The van der Waals surface area contributed by atoms with E-state index in [9.17, 15) is 22.4 Å². The fourth-order valence-electron chi connectivity index (χ4n) is 2.78. The predicted molar refractivity (Wildman–Crippen MR) is 82.8 cm³/mol. The van der Waals surface area contributed by atoms with Crippen molar-refractivity contribution in [1.82, 2.24) is 4.90 Å². The maximum atomic E-state index is 13.9. The molecule has 1 fully saturated rings. The van der Waals surface area contributed by atoms with Crippen LogP contribution in [0.4, 0.5) is 22.4 Å². The van der Waals surface area contributed by atoms with Crippen molar-refractivity contribution in [3.05, 3.63) is 29.3 Å². The largest absolute Gasteiger partial charge is 0.444 e. The van der Waals surface area contributed by atoms with E-state index >= 15 is 0 Å². The molecule has 0 radical (unpaired) electrons. The molecule has 25 heavy (non-hydrogen) atoms. The van der Waals surface area contributed by atoms with Crippen LogP contribution in [-0.4, -0.2) is 36.3 Å². The Morgan fingerprint density at radius 3 is 2.32 bits per heavy atom. The summed E-state index contributed by atoms with van der Waals surface area (Å²) < 4.78 is 61.7. The van der Waals surface area contributed by atoms with Crippen molar-refractivity contribution in [2.75, 3.05) is 13.1 Å². The van der Waals surface area contributed by atoms with E-state index in [-0.39, 0.29) is 11.5 Å². The Labute approximate surface area is 143 Å². The summed E-state index contributed by atoms with van der Waals surface area (Å²) in [4.78, 5) is 13.5. The highest BCUT2D eigenvalue weighted by atomic mass is 19.3. The average molecular weight is 363 g/mol. The lowest BCUT2D eigenvalue weighted by Crippen LogP contribution is -2.41. The summed E-state index contributed by atoms with van der Waals surface area (Å²) >= 11 is 0. The van der Waals surface area contributed by atoms with Crippen molar-refractivity contribution in [1.29, 1.82) is 0 Å². The Morgan fingerprint density at radius 2 is 1.80 bits per heavy atom.